The number of esters is 1. The highest BCUT2D eigenvalue weighted by Gasteiger charge is 2.35. The third-order valence-corrected chi connectivity index (χ3v) is 5.81. The van der Waals surface area contributed by atoms with Gasteiger partial charge in [0.05, 0.1) is 4.90 Å². The van der Waals surface area contributed by atoms with Crippen molar-refractivity contribution < 1.29 is 69.2 Å². The third kappa shape index (κ3) is 9.60. The van der Waals surface area contributed by atoms with Crippen molar-refractivity contribution >= 4 is 53.6 Å². The average Bonchev–Trinajstić information content (AvgIpc) is 2.83. The molecule has 0 aliphatic carbocycles. The number of nitrogens with two attached hydrogens (primary N) is 1. The minimum Gasteiger partial charge on any atom is -0.504 e. The Morgan fingerprint density at radius 2 is 1.61 bits per heavy atom. The van der Waals surface area contributed by atoms with E-state index in [-0.39, 0.29) is 23.3 Å². The number of phenolic OH excluding ortho intramolecular Hbond substituents is 2. The Balaban J connectivity index is 3.02. The maximum absolute atomic E-state index is 12.0. The van der Waals surface area contributed by atoms with E-state index in [1.165, 1.54) is 6.07 Å². The summed E-state index contributed by atoms with van der Waals surface area (Å²) >= 11 is 0.635. The van der Waals surface area contributed by atoms with E-state index in [4.69, 9.17) is 21.1 Å². The number of thioether (sulfide) groups is 1. The van der Waals surface area contributed by atoms with Gasteiger partial charge in [0.25, 0.3) is 0 Å². The predicted molar refractivity (Wildman–Crippen MR) is 125 cm³/mol. The Morgan fingerprint density at radius 3 is 2.13 bits per heavy atom. The van der Waals surface area contributed by atoms with Gasteiger partial charge in [-0.25, -0.2) is 19.2 Å². The summed E-state index contributed by atoms with van der Waals surface area (Å²) < 4.78 is 4.43. The van der Waals surface area contributed by atoms with Gasteiger partial charge < -0.3 is 51.5 Å². The monoisotopic (exact) mass is 560 g/mol. The number of amides is 1. The molecular weight excluding hydrogens is 536 g/mol. The summed E-state index contributed by atoms with van der Waals surface area (Å²) in [6.07, 6.45) is -4.04. The zero-order chi connectivity index (χ0) is 29.2. The fourth-order valence-corrected chi connectivity index (χ4v) is 3.68. The molecule has 0 aliphatic heterocycles. The molecule has 1 rings (SSSR count). The second-order valence-corrected chi connectivity index (χ2v) is 8.45. The van der Waals surface area contributed by atoms with E-state index in [1.54, 1.807) is 0 Å². The first kappa shape index (κ1) is 31.7. The Bertz CT molecular complexity index is 1120. The zero-order valence-corrected chi connectivity index (χ0v) is 20.0. The lowest BCUT2D eigenvalue weighted by molar-refractivity contribution is -0.176. The molecule has 0 saturated carbocycles. The van der Waals surface area contributed by atoms with Gasteiger partial charge in [-0.05, 0) is 30.2 Å². The van der Waals surface area contributed by atoms with Gasteiger partial charge in [0, 0.05) is 18.2 Å². The summed E-state index contributed by atoms with van der Waals surface area (Å²) in [5, 5.41) is 67.4. The van der Waals surface area contributed by atoms with E-state index in [1.807, 2.05) is 0 Å². The molecule has 208 valence electrons. The number of aliphatic carboxylic acids is 4. The van der Waals surface area contributed by atoms with Crippen LogP contribution in [0.5, 0.6) is 11.5 Å². The fourth-order valence-electron chi connectivity index (χ4n) is 2.58. The number of rotatable bonds is 15. The minimum atomic E-state index is -2.56. The lowest BCUT2D eigenvalue weighted by atomic mass is 10.1. The predicted octanol–water partition coefficient (Wildman–Crippen LogP) is -1.59. The molecule has 2 unspecified atom stereocenters. The molecule has 0 aromatic heterocycles. The van der Waals surface area contributed by atoms with Gasteiger partial charge in [-0.3, -0.25) is 9.59 Å². The first-order valence-corrected chi connectivity index (χ1v) is 11.3. The number of phenols is 2. The van der Waals surface area contributed by atoms with Gasteiger partial charge in [0.2, 0.25) is 12.0 Å². The maximum atomic E-state index is 12.0. The third-order valence-electron chi connectivity index (χ3n) is 4.59. The highest BCUT2D eigenvalue weighted by atomic mass is 32.2. The molecule has 1 aromatic carbocycles. The highest BCUT2D eigenvalue weighted by Crippen LogP contribution is 2.39. The molecule has 4 atom stereocenters. The average molecular weight is 560 g/mol. The molecule has 38 heavy (non-hydrogen) atoms. The van der Waals surface area contributed by atoms with Crippen LogP contribution in [-0.4, -0.2) is 102 Å². The molecule has 17 heteroatoms. The molecule has 0 heterocycles. The van der Waals surface area contributed by atoms with Gasteiger partial charge in [-0.2, -0.15) is 0 Å². The largest absolute Gasteiger partial charge is 0.504 e. The number of carboxylic acids is 4. The fraction of sp³-hybridized carbons (Fsp3) is 0.333. The zero-order valence-electron chi connectivity index (χ0n) is 19.2. The molecule has 0 aliphatic rings. The summed E-state index contributed by atoms with van der Waals surface area (Å²) in [7, 11) is 0. The number of carbonyl (C=O) groups is 6. The molecule has 1 amide bonds. The second-order valence-electron chi connectivity index (χ2n) is 7.42. The molecule has 0 fully saturated rings. The first-order chi connectivity index (χ1) is 17.6. The minimum absolute atomic E-state index is 0.00388. The second kappa shape index (κ2) is 14.4. The van der Waals surface area contributed by atoms with Crippen LogP contribution in [-0.2, 0) is 33.5 Å². The molecule has 0 radical (unpaired) electrons. The highest BCUT2D eigenvalue weighted by molar-refractivity contribution is 7.99. The van der Waals surface area contributed by atoms with Crippen LogP contribution in [0.25, 0.3) is 6.08 Å². The van der Waals surface area contributed by atoms with Crippen molar-refractivity contribution in [1.82, 2.24) is 5.32 Å². The van der Waals surface area contributed by atoms with Crippen LogP contribution in [0.1, 0.15) is 18.4 Å². The molecule has 10 N–H and O–H groups in total. The van der Waals surface area contributed by atoms with Crippen molar-refractivity contribution in [2.75, 3.05) is 5.75 Å². The standard InChI is InChI=1S/C21H24N2O14S/c22-9(18(29)30)3-5-12(25)23-10(19(31)32)7-38-17-8(1-4-11(24)14(17)27)2-6-13(26)37-16(21(35)36)15(28)20(33)34/h1-2,4,6,9-10,15-16,24,27-28H,3,5,7,22H2,(H,23,25)(H,29,30)(H,31,32)(H,33,34)(H,35,36)/b6-2+/t9-,10-,15?,16?/m0/s1. The number of hydrogen-bond acceptors (Lipinski definition) is 12. The summed E-state index contributed by atoms with van der Waals surface area (Å²) in [4.78, 5) is 68.0. The number of aliphatic hydroxyl groups excluding tert-OH is 1. The van der Waals surface area contributed by atoms with Gasteiger partial charge in [0.15, 0.2) is 17.6 Å². The number of carbonyl (C=O) groups excluding carboxylic acids is 2. The van der Waals surface area contributed by atoms with Crippen LogP contribution < -0.4 is 11.1 Å². The van der Waals surface area contributed by atoms with Crippen molar-refractivity contribution in [2.24, 2.45) is 5.73 Å². The summed E-state index contributed by atoms with van der Waals surface area (Å²) in [5.74, 6) is -10.7. The number of aromatic hydroxyl groups is 2. The van der Waals surface area contributed by atoms with Crippen molar-refractivity contribution in [1.29, 1.82) is 0 Å². The van der Waals surface area contributed by atoms with Crippen LogP contribution in [0, 0.1) is 0 Å². The Morgan fingerprint density at radius 1 is 0.974 bits per heavy atom. The Labute approximate surface area is 217 Å². The number of hydrogen-bond donors (Lipinski definition) is 9. The normalized spacial score (nSPS) is 14.2. The quantitative estimate of drug-likeness (QED) is 0.0505. The van der Waals surface area contributed by atoms with E-state index in [0.29, 0.717) is 17.8 Å². The van der Waals surface area contributed by atoms with Crippen molar-refractivity contribution in [2.45, 2.75) is 42.0 Å². The molecule has 16 nitrogen and oxygen atoms in total. The van der Waals surface area contributed by atoms with E-state index < -0.39 is 77.3 Å². The SMILES string of the molecule is N[C@@H](CCC(=O)N[C@@H](CSc1c(/C=C/C(=O)OC(C(=O)O)C(O)C(=O)O)ccc(O)c1O)C(=O)O)C(=O)O. The number of ether oxygens (including phenoxy) is 1. The van der Waals surface area contributed by atoms with Gasteiger partial charge >= 0.3 is 29.8 Å². The van der Waals surface area contributed by atoms with E-state index in [0.717, 1.165) is 12.1 Å². The summed E-state index contributed by atoms with van der Waals surface area (Å²) in [6.45, 7) is 0. The number of benzene rings is 1. The molecule has 0 bridgehead atoms. The van der Waals surface area contributed by atoms with Gasteiger partial charge in [-0.1, -0.05) is 0 Å². The van der Waals surface area contributed by atoms with Crippen molar-refractivity contribution in [3.05, 3.63) is 23.8 Å². The maximum Gasteiger partial charge on any atom is 0.348 e. The van der Waals surface area contributed by atoms with Crippen LogP contribution in [0.3, 0.4) is 0 Å². The van der Waals surface area contributed by atoms with Crippen LogP contribution in [0.15, 0.2) is 23.1 Å². The lowest BCUT2D eigenvalue weighted by Gasteiger charge is -2.17. The van der Waals surface area contributed by atoms with E-state index in [9.17, 15) is 49.2 Å². The van der Waals surface area contributed by atoms with Crippen molar-refractivity contribution in [3.8, 4) is 11.5 Å². The summed E-state index contributed by atoms with van der Waals surface area (Å²) in [6, 6.07) is -0.669. The van der Waals surface area contributed by atoms with Crippen LogP contribution in [0.4, 0.5) is 0 Å². The van der Waals surface area contributed by atoms with Crippen LogP contribution in [0.2, 0.25) is 0 Å². The molecular formula is C21H24N2O14S. The number of aliphatic hydroxyl groups is 1. The topological polar surface area (TPSA) is 291 Å². The van der Waals surface area contributed by atoms with Gasteiger partial charge in [-0.15, -0.1) is 11.8 Å². The summed E-state index contributed by atoms with van der Waals surface area (Å²) in [5.41, 5.74) is 5.29. The lowest BCUT2D eigenvalue weighted by Crippen LogP contribution is -2.43. The smallest absolute Gasteiger partial charge is 0.348 e. The molecule has 0 saturated heterocycles. The number of nitrogens with one attached hydrogen (secondary N) is 1. The Kier molecular flexibility index (Phi) is 12.0. The first-order valence-electron chi connectivity index (χ1n) is 10.4. The van der Waals surface area contributed by atoms with Gasteiger partial charge in [0.1, 0.15) is 12.1 Å². The molecule has 1 aromatic rings. The molecule has 0 spiro atoms. The van der Waals surface area contributed by atoms with Crippen molar-refractivity contribution in [3.63, 3.8) is 0 Å². The Hall–Kier alpha value is -4.35. The van der Waals surface area contributed by atoms with E-state index >= 15 is 0 Å². The van der Waals surface area contributed by atoms with E-state index in [2.05, 4.69) is 10.1 Å². The number of carboxylic acid groups (broad SMARTS) is 4. The van der Waals surface area contributed by atoms with Crippen LogP contribution >= 0.6 is 11.8 Å².